The maximum atomic E-state index is 13.5. The summed E-state index contributed by atoms with van der Waals surface area (Å²) in [6.45, 7) is 4.18. The highest BCUT2D eigenvalue weighted by Crippen LogP contribution is 2.28. The van der Waals surface area contributed by atoms with Crippen LogP contribution in [0.2, 0.25) is 0 Å². The van der Waals surface area contributed by atoms with E-state index < -0.39 is 0 Å². The molecule has 0 unspecified atom stereocenters. The van der Waals surface area contributed by atoms with Crippen LogP contribution in [0.4, 0.5) is 5.69 Å². The van der Waals surface area contributed by atoms with Crippen LogP contribution >= 0.6 is 0 Å². The zero-order valence-electron chi connectivity index (χ0n) is 19.7. The number of nitrogens with one attached hydrogen (secondary N) is 1. The Bertz CT molecular complexity index is 1300. The van der Waals surface area contributed by atoms with Gasteiger partial charge in [-0.3, -0.25) is 9.69 Å². The van der Waals surface area contributed by atoms with Gasteiger partial charge in [0.15, 0.2) is 0 Å². The Kier molecular flexibility index (Phi) is 6.88. The molecule has 0 spiro atoms. The first kappa shape index (κ1) is 22.8. The Balaban J connectivity index is 1.43. The van der Waals surface area contributed by atoms with E-state index >= 15 is 0 Å². The maximum absolute atomic E-state index is 13.5. The first-order chi connectivity index (χ1) is 17.2. The van der Waals surface area contributed by atoms with Crippen molar-refractivity contribution in [3.8, 4) is 22.7 Å². The highest BCUT2D eigenvalue weighted by molar-refractivity contribution is 6.08. The minimum Gasteiger partial charge on any atom is -0.497 e. The van der Waals surface area contributed by atoms with Gasteiger partial charge in [-0.1, -0.05) is 42.5 Å². The van der Waals surface area contributed by atoms with Gasteiger partial charge in [0.05, 0.1) is 31.6 Å². The van der Waals surface area contributed by atoms with Gasteiger partial charge in [0, 0.05) is 37.1 Å². The molecule has 0 atom stereocenters. The van der Waals surface area contributed by atoms with E-state index in [0.29, 0.717) is 17.0 Å². The number of rotatable bonds is 7. The van der Waals surface area contributed by atoms with Gasteiger partial charge in [-0.05, 0) is 42.0 Å². The van der Waals surface area contributed by atoms with Gasteiger partial charge in [0.1, 0.15) is 11.4 Å². The fourth-order valence-electron chi connectivity index (χ4n) is 4.20. The molecule has 3 aromatic carbocycles. The van der Waals surface area contributed by atoms with Crippen LogP contribution in [0.5, 0.6) is 5.75 Å². The number of hydrogen-bond acceptors (Lipinski definition) is 5. The minimum atomic E-state index is -0.214. The number of hydrogen-bond donors (Lipinski definition) is 1. The summed E-state index contributed by atoms with van der Waals surface area (Å²) in [6.07, 6.45) is 1.77. The number of carbonyl (C=O) groups is 1. The molecule has 1 amide bonds. The van der Waals surface area contributed by atoms with Crippen LogP contribution in [0.15, 0.2) is 85.1 Å². The number of ether oxygens (including phenoxy) is 2. The topological polar surface area (TPSA) is 68.6 Å². The molecule has 7 nitrogen and oxygen atoms in total. The summed E-state index contributed by atoms with van der Waals surface area (Å²) in [6, 6.07) is 25.3. The van der Waals surface area contributed by atoms with E-state index in [-0.39, 0.29) is 5.91 Å². The number of para-hydroxylation sites is 1. The van der Waals surface area contributed by atoms with E-state index in [9.17, 15) is 4.79 Å². The Labute approximate surface area is 204 Å². The molecule has 0 bridgehead atoms. The molecule has 178 valence electrons. The second kappa shape index (κ2) is 10.5. The molecule has 1 saturated heterocycles. The standard InChI is InChI=1S/C28H28N4O3/c1-34-25-12-6-8-22(18-25)27-26(20-32(30-27)24-10-3-2-4-11-24)28(33)29-23-9-5-7-21(17-23)19-31-13-15-35-16-14-31/h2-12,17-18,20H,13-16,19H2,1H3,(H,29,33). The van der Waals surface area contributed by atoms with Crippen molar-refractivity contribution >= 4 is 11.6 Å². The second-order valence-corrected chi connectivity index (χ2v) is 8.45. The number of methoxy groups -OCH3 is 1. The fourth-order valence-corrected chi connectivity index (χ4v) is 4.20. The summed E-state index contributed by atoms with van der Waals surface area (Å²) < 4.78 is 12.6. The highest BCUT2D eigenvalue weighted by Gasteiger charge is 2.20. The first-order valence-corrected chi connectivity index (χ1v) is 11.7. The van der Waals surface area contributed by atoms with E-state index in [0.717, 1.165) is 55.3 Å². The van der Waals surface area contributed by atoms with Gasteiger partial charge in [-0.2, -0.15) is 5.10 Å². The van der Waals surface area contributed by atoms with Gasteiger partial charge >= 0.3 is 0 Å². The van der Waals surface area contributed by atoms with Crippen LogP contribution in [0, 0.1) is 0 Å². The van der Waals surface area contributed by atoms with Crippen LogP contribution < -0.4 is 10.1 Å². The SMILES string of the molecule is COc1cccc(-c2nn(-c3ccccc3)cc2C(=O)Nc2cccc(CN3CCOCC3)c2)c1. The number of carbonyl (C=O) groups excluding carboxylic acids is 1. The summed E-state index contributed by atoms with van der Waals surface area (Å²) in [5, 5.41) is 7.84. The molecule has 7 heteroatoms. The number of nitrogens with zero attached hydrogens (tertiary/aromatic N) is 3. The van der Waals surface area contributed by atoms with Gasteiger partial charge in [-0.15, -0.1) is 0 Å². The largest absolute Gasteiger partial charge is 0.497 e. The summed E-state index contributed by atoms with van der Waals surface area (Å²) in [4.78, 5) is 15.8. The molecule has 4 aromatic rings. The van der Waals surface area contributed by atoms with E-state index in [1.165, 1.54) is 0 Å². The molecular weight excluding hydrogens is 440 g/mol. The van der Waals surface area contributed by atoms with Crippen LogP contribution in [0.3, 0.4) is 0 Å². The van der Waals surface area contributed by atoms with Crippen molar-refractivity contribution in [1.29, 1.82) is 0 Å². The highest BCUT2D eigenvalue weighted by atomic mass is 16.5. The van der Waals surface area contributed by atoms with Crippen molar-refractivity contribution in [2.75, 3.05) is 38.7 Å². The monoisotopic (exact) mass is 468 g/mol. The van der Waals surface area contributed by atoms with Crippen LogP contribution in [0.1, 0.15) is 15.9 Å². The molecule has 5 rings (SSSR count). The molecular formula is C28H28N4O3. The quantitative estimate of drug-likeness (QED) is 0.428. The third kappa shape index (κ3) is 5.42. The van der Waals surface area contributed by atoms with Crippen molar-refractivity contribution in [3.63, 3.8) is 0 Å². The third-order valence-electron chi connectivity index (χ3n) is 6.02. The first-order valence-electron chi connectivity index (χ1n) is 11.7. The van der Waals surface area contributed by atoms with Crippen molar-refractivity contribution in [1.82, 2.24) is 14.7 Å². The molecule has 0 radical (unpaired) electrons. The molecule has 0 saturated carbocycles. The third-order valence-corrected chi connectivity index (χ3v) is 6.02. The zero-order valence-corrected chi connectivity index (χ0v) is 19.7. The van der Waals surface area contributed by atoms with Gasteiger partial charge < -0.3 is 14.8 Å². The average molecular weight is 469 g/mol. The number of morpholine rings is 1. The average Bonchev–Trinajstić information content (AvgIpc) is 3.36. The normalized spacial score (nSPS) is 14.0. The van der Waals surface area contributed by atoms with Gasteiger partial charge in [0.2, 0.25) is 0 Å². The number of aromatic nitrogens is 2. The molecule has 1 aromatic heterocycles. The molecule has 2 heterocycles. The zero-order chi connectivity index (χ0) is 24.0. The van der Waals surface area contributed by atoms with Gasteiger partial charge in [0.25, 0.3) is 5.91 Å². The molecule has 1 aliphatic rings. The van der Waals surface area contributed by atoms with E-state index in [1.54, 1.807) is 18.0 Å². The lowest BCUT2D eigenvalue weighted by molar-refractivity contribution is 0.0342. The van der Waals surface area contributed by atoms with Crippen LogP contribution in [-0.4, -0.2) is 54.0 Å². The predicted octanol–water partition coefficient (Wildman–Crippen LogP) is 4.63. The Morgan fingerprint density at radius 3 is 2.60 bits per heavy atom. The van der Waals surface area contributed by atoms with Crippen LogP contribution in [0.25, 0.3) is 16.9 Å². The Hall–Kier alpha value is -3.94. The van der Waals surface area contributed by atoms with Crippen molar-refractivity contribution in [2.24, 2.45) is 0 Å². The molecule has 1 aliphatic heterocycles. The number of benzene rings is 3. The lowest BCUT2D eigenvalue weighted by Crippen LogP contribution is -2.35. The van der Waals surface area contributed by atoms with E-state index in [4.69, 9.17) is 14.6 Å². The maximum Gasteiger partial charge on any atom is 0.259 e. The Morgan fingerprint density at radius 1 is 1.00 bits per heavy atom. The predicted molar refractivity (Wildman–Crippen MR) is 136 cm³/mol. The van der Waals surface area contributed by atoms with E-state index in [1.807, 2.05) is 72.8 Å². The van der Waals surface area contributed by atoms with Crippen molar-refractivity contribution in [3.05, 3.63) is 96.2 Å². The molecule has 0 aliphatic carbocycles. The lowest BCUT2D eigenvalue weighted by Gasteiger charge is -2.26. The van der Waals surface area contributed by atoms with E-state index in [2.05, 4.69) is 16.3 Å². The smallest absolute Gasteiger partial charge is 0.259 e. The lowest BCUT2D eigenvalue weighted by atomic mass is 10.1. The Morgan fingerprint density at radius 2 is 1.80 bits per heavy atom. The molecule has 1 fully saturated rings. The fraction of sp³-hybridized carbons (Fsp3) is 0.214. The minimum absolute atomic E-state index is 0.214. The summed E-state index contributed by atoms with van der Waals surface area (Å²) >= 11 is 0. The van der Waals surface area contributed by atoms with Crippen LogP contribution in [-0.2, 0) is 11.3 Å². The summed E-state index contributed by atoms with van der Waals surface area (Å²) in [5.74, 6) is 0.493. The number of anilines is 1. The summed E-state index contributed by atoms with van der Waals surface area (Å²) in [7, 11) is 1.62. The summed E-state index contributed by atoms with van der Waals surface area (Å²) in [5.41, 5.74) is 4.67. The molecule has 35 heavy (non-hydrogen) atoms. The second-order valence-electron chi connectivity index (χ2n) is 8.45. The van der Waals surface area contributed by atoms with Crippen molar-refractivity contribution < 1.29 is 14.3 Å². The van der Waals surface area contributed by atoms with Gasteiger partial charge in [-0.25, -0.2) is 4.68 Å². The molecule has 1 N–H and O–H groups in total. The number of amides is 1. The van der Waals surface area contributed by atoms with Crippen molar-refractivity contribution in [2.45, 2.75) is 6.54 Å².